The average Bonchev–Trinajstić information content (AvgIpc) is 3.00. The van der Waals surface area contributed by atoms with Crippen LogP contribution < -0.4 is 0 Å². The second-order valence-electron chi connectivity index (χ2n) is 5.17. The van der Waals surface area contributed by atoms with Gasteiger partial charge in [0.05, 0.1) is 36.1 Å². The Morgan fingerprint density at radius 3 is 3.05 bits per heavy atom. The van der Waals surface area contributed by atoms with E-state index < -0.39 is 5.97 Å². The first-order chi connectivity index (χ1) is 10.2. The van der Waals surface area contributed by atoms with E-state index >= 15 is 0 Å². The van der Waals surface area contributed by atoms with E-state index in [0.29, 0.717) is 13.2 Å². The molecule has 2 heterocycles. The van der Waals surface area contributed by atoms with Crippen molar-refractivity contribution in [3.8, 4) is 0 Å². The van der Waals surface area contributed by atoms with Gasteiger partial charge < -0.3 is 14.6 Å². The van der Waals surface area contributed by atoms with E-state index in [0.717, 1.165) is 36.0 Å². The second-order valence-corrected chi connectivity index (χ2v) is 5.17. The van der Waals surface area contributed by atoms with Crippen molar-refractivity contribution in [1.29, 1.82) is 0 Å². The van der Waals surface area contributed by atoms with Gasteiger partial charge in [-0.25, -0.2) is 4.79 Å². The Morgan fingerprint density at radius 2 is 2.29 bits per heavy atom. The van der Waals surface area contributed by atoms with Crippen LogP contribution in [0, 0.1) is 0 Å². The van der Waals surface area contributed by atoms with Crippen molar-refractivity contribution in [1.82, 2.24) is 4.98 Å². The van der Waals surface area contributed by atoms with Gasteiger partial charge in [-0.15, -0.1) is 0 Å². The van der Waals surface area contributed by atoms with Crippen molar-refractivity contribution >= 4 is 16.9 Å². The number of aromatic nitrogens is 1. The summed E-state index contributed by atoms with van der Waals surface area (Å²) in [7, 11) is 0. The minimum Gasteiger partial charge on any atom is -0.478 e. The number of carboxylic acids is 1. The first-order valence-corrected chi connectivity index (χ1v) is 7.05. The molecule has 0 saturated carbocycles. The number of ether oxygens (including phenoxy) is 2. The molecule has 0 bridgehead atoms. The Hall–Kier alpha value is -1.98. The number of fused-ring (bicyclic) bond motifs is 1. The molecule has 3 rings (SSSR count). The number of carboxylic acid groups (broad SMARTS) is 1. The largest absolute Gasteiger partial charge is 0.478 e. The number of hydrogen-bond donors (Lipinski definition) is 1. The number of benzene rings is 1. The Bertz CT molecular complexity index is 650. The molecule has 0 radical (unpaired) electrons. The van der Waals surface area contributed by atoms with Gasteiger partial charge in [-0.2, -0.15) is 0 Å². The molecule has 1 aromatic heterocycles. The van der Waals surface area contributed by atoms with E-state index in [1.165, 1.54) is 0 Å². The normalized spacial score (nSPS) is 18.2. The average molecular weight is 287 g/mol. The molecule has 0 aliphatic carbocycles. The summed E-state index contributed by atoms with van der Waals surface area (Å²) in [5.41, 5.74) is 1.88. The van der Waals surface area contributed by atoms with Gasteiger partial charge >= 0.3 is 5.97 Å². The van der Waals surface area contributed by atoms with Crippen LogP contribution in [0.3, 0.4) is 0 Å². The van der Waals surface area contributed by atoms with Crippen molar-refractivity contribution in [2.45, 2.75) is 25.6 Å². The highest BCUT2D eigenvalue weighted by Gasteiger charge is 2.15. The smallest absolute Gasteiger partial charge is 0.335 e. The minimum atomic E-state index is -0.930. The third-order valence-electron chi connectivity index (χ3n) is 3.57. The number of hydrogen-bond acceptors (Lipinski definition) is 4. The molecule has 1 saturated heterocycles. The van der Waals surface area contributed by atoms with E-state index in [1.807, 2.05) is 12.1 Å². The maximum absolute atomic E-state index is 10.9. The third kappa shape index (κ3) is 3.37. The fraction of sp³-hybridized carbons (Fsp3) is 0.375. The number of pyridine rings is 1. The van der Waals surface area contributed by atoms with Crippen LogP contribution in [0.4, 0.5) is 0 Å². The number of carbonyl (C=O) groups is 1. The van der Waals surface area contributed by atoms with Crippen molar-refractivity contribution in [2.75, 3.05) is 13.2 Å². The van der Waals surface area contributed by atoms with Gasteiger partial charge in [0, 0.05) is 12.0 Å². The molecule has 1 N–H and O–H groups in total. The molecule has 0 spiro atoms. The van der Waals surface area contributed by atoms with Gasteiger partial charge in [0.2, 0.25) is 0 Å². The third-order valence-corrected chi connectivity index (χ3v) is 3.57. The second kappa shape index (κ2) is 6.20. The standard InChI is InChI=1S/C16H17NO4/c18-16(19)12-4-6-15-11(8-12)3-5-13(17-15)9-20-10-14-2-1-7-21-14/h3-6,8,14H,1-2,7,9-10H2,(H,18,19). The Kier molecular flexibility index (Phi) is 4.13. The van der Waals surface area contributed by atoms with Crippen LogP contribution >= 0.6 is 0 Å². The van der Waals surface area contributed by atoms with Crippen LogP contribution in [0.15, 0.2) is 30.3 Å². The lowest BCUT2D eigenvalue weighted by molar-refractivity contribution is 0.00972. The first kappa shape index (κ1) is 14.0. The monoisotopic (exact) mass is 287 g/mol. The lowest BCUT2D eigenvalue weighted by Crippen LogP contribution is -2.14. The van der Waals surface area contributed by atoms with Crippen LogP contribution in [0.1, 0.15) is 28.9 Å². The highest BCUT2D eigenvalue weighted by molar-refractivity contribution is 5.93. The molecule has 1 aromatic carbocycles. The zero-order chi connectivity index (χ0) is 14.7. The summed E-state index contributed by atoms with van der Waals surface area (Å²) < 4.78 is 11.1. The summed E-state index contributed by atoms with van der Waals surface area (Å²) in [6.45, 7) is 1.86. The SMILES string of the molecule is O=C(O)c1ccc2nc(COCC3CCCO3)ccc2c1. The zero-order valence-corrected chi connectivity index (χ0v) is 11.6. The van der Waals surface area contributed by atoms with Crippen LogP contribution in [-0.2, 0) is 16.1 Å². The Balaban J connectivity index is 1.66. The molecule has 1 atom stereocenters. The van der Waals surface area contributed by atoms with Gasteiger partial charge in [0.1, 0.15) is 0 Å². The lowest BCUT2D eigenvalue weighted by Gasteiger charge is -2.10. The summed E-state index contributed by atoms with van der Waals surface area (Å²) in [6.07, 6.45) is 2.38. The van der Waals surface area contributed by atoms with Crippen molar-refractivity contribution in [3.63, 3.8) is 0 Å². The van der Waals surface area contributed by atoms with Crippen LogP contribution in [0.2, 0.25) is 0 Å². The molecule has 5 nitrogen and oxygen atoms in total. The molecule has 5 heteroatoms. The van der Waals surface area contributed by atoms with E-state index in [1.54, 1.807) is 18.2 Å². The van der Waals surface area contributed by atoms with Gasteiger partial charge in [-0.1, -0.05) is 6.07 Å². The maximum Gasteiger partial charge on any atom is 0.335 e. The summed E-state index contributed by atoms with van der Waals surface area (Å²) in [6, 6.07) is 8.65. The van der Waals surface area contributed by atoms with Crippen molar-refractivity contribution in [3.05, 3.63) is 41.6 Å². The van der Waals surface area contributed by atoms with Gasteiger partial charge in [-0.05, 0) is 37.1 Å². The minimum absolute atomic E-state index is 0.212. The summed E-state index contributed by atoms with van der Waals surface area (Å²) in [4.78, 5) is 15.4. The highest BCUT2D eigenvalue weighted by Crippen LogP contribution is 2.16. The first-order valence-electron chi connectivity index (χ1n) is 7.05. The number of aromatic carboxylic acids is 1. The fourth-order valence-electron chi connectivity index (χ4n) is 2.45. The quantitative estimate of drug-likeness (QED) is 0.915. The highest BCUT2D eigenvalue weighted by atomic mass is 16.5. The number of rotatable bonds is 5. The van der Waals surface area contributed by atoms with Crippen LogP contribution in [-0.4, -0.2) is 35.4 Å². The molecule has 110 valence electrons. The molecule has 1 aliphatic heterocycles. The maximum atomic E-state index is 10.9. The van der Waals surface area contributed by atoms with Gasteiger partial charge in [0.25, 0.3) is 0 Å². The Labute approximate surface area is 122 Å². The van der Waals surface area contributed by atoms with E-state index in [2.05, 4.69) is 4.98 Å². The van der Waals surface area contributed by atoms with E-state index in [4.69, 9.17) is 14.6 Å². The summed E-state index contributed by atoms with van der Waals surface area (Å²) in [5.74, 6) is -0.930. The topological polar surface area (TPSA) is 68.7 Å². The van der Waals surface area contributed by atoms with Crippen LogP contribution in [0.25, 0.3) is 10.9 Å². The molecule has 0 amide bonds. The fourth-order valence-corrected chi connectivity index (χ4v) is 2.45. The molecular weight excluding hydrogens is 270 g/mol. The predicted octanol–water partition coefficient (Wildman–Crippen LogP) is 2.63. The summed E-state index contributed by atoms with van der Waals surface area (Å²) in [5, 5.41) is 9.78. The van der Waals surface area contributed by atoms with Gasteiger partial charge in [0.15, 0.2) is 0 Å². The molecule has 21 heavy (non-hydrogen) atoms. The Morgan fingerprint density at radius 1 is 1.38 bits per heavy atom. The lowest BCUT2D eigenvalue weighted by atomic mass is 10.1. The van der Waals surface area contributed by atoms with Crippen molar-refractivity contribution in [2.24, 2.45) is 0 Å². The summed E-state index contributed by atoms with van der Waals surface area (Å²) >= 11 is 0. The number of nitrogens with zero attached hydrogens (tertiary/aromatic N) is 1. The zero-order valence-electron chi connectivity index (χ0n) is 11.6. The molecule has 2 aromatic rings. The molecule has 1 fully saturated rings. The molecule has 1 unspecified atom stereocenters. The van der Waals surface area contributed by atoms with E-state index in [9.17, 15) is 4.79 Å². The van der Waals surface area contributed by atoms with E-state index in [-0.39, 0.29) is 11.7 Å². The van der Waals surface area contributed by atoms with Gasteiger partial charge in [-0.3, -0.25) is 4.98 Å². The molecular formula is C16H17NO4. The van der Waals surface area contributed by atoms with Crippen molar-refractivity contribution < 1.29 is 19.4 Å². The predicted molar refractivity (Wildman–Crippen MR) is 77.3 cm³/mol. The molecule has 1 aliphatic rings. The van der Waals surface area contributed by atoms with Crippen LogP contribution in [0.5, 0.6) is 0 Å².